The second-order valence-electron chi connectivity index (χ2n) is 7.39. The van der Waals surface area contributed by atoms with Crippen LogP contribution in [-0.2, 0) is 0 Å². The van der Waals surface area contributed by atoms with Crippen molar-refractivity contribution in [3.05, 3.63) is 54.2 Å². The van der Waals surface area contributed by atoms with Gasteiger partial charge in [0.15, 0.2) is 17.1 Å². The van der Waals surface area contributed by atoms with Gasteiger partial charge in [-0.15, -0.1) is 0 Å². The van der Waals surface area contributed by atoms with E-state index in [0.717, 1.165) is 74.7 Å². The molecule has 0 atom stereocenters. The number of rotatable bonds is 8. The van der Waals surface area contributed by atoms with Crippen LogP contribution in [0.4, 0.5) is 0 Å². The minimum atomic E-state index is 0.508. The van der Waals surface area contributed by atoms with Gasteiger partial charge >= 0.3 is 0 Å². The lowest BCUT2D eigenvalue weighted by Gasteiger charge is -2.31. The molecule has 1 aliphatic heterocycles. The zero-order chi connectivity index (χ0) is 19.2. The van der Waals surface area contributed by atoms with Crippen LogP contribution in [0, 0.1) is 0 Å². The maximum Gasteiger partial charge on any atom is 0.167 e. The van der Waals surface area contributed by atoms with Crippen LogP contribution in [0.25, 0.3) is 11.0 Å². The zero-order valence-corrected chi connectivity index (χ0v) is 16.5. The molecule has 0 unspecified atom stereocenters. The van der Waals surface area contributed by atoms with Crippen molar-refractivity contribution in [3.63, 3.8) is 0 Å². The van der Waals surface area contributed by atoms with E-state index in [1.54, 1.807) is 7.11 Å². The quantitative estimate of drug-likeness (QED) is 0.522. The largest absolute Gasteiger partial charge is 0.493 e. The zero-order valence-electron chi connectivity index (χ0n) is 16.5. The summed E-state index contributed by atoms with van der Waals surface area (Å²) in [7, 11) is 1.67. The van der Waals surface area contributed by atoms with E-state index in [1.807, 2.05) is 36.4 Å². The van der Waals surface area contributed by atoms with Crippen LogP contribution in [0.2, 0.25) is 0 Å². The van der Waals surface area contributed by atoms with Crippen LogP contribution < -0.4 is 9.47 Å². The van der Waals surface area contributed by atoms with Gasteiger partial charge in [-0.3, -0.25) is 0 Å². The fourth-order valence-electron chi connectivity index (χ4n) is 3.99. The van der Waals surface area contributed by atoms with Gasteiger partial charge in [-0.1, -0.05) is 29.4 Å². The molecule has 3 aromatic rings. The molecule has 0 saturated carbocycles. The molecule has 1 aromatic heterocycles. The number of nitrogens with zero attached hydrogens (tertiary/aromatic N) is 2. The molecular formula is C23H28N2O3. The number of methoxy groups -OCH3 is 1. The molecule has 2 heterocycles. The number of hydrogen-bond acceptors (Lipinski definition) is 5. The van der Waals surface area contributed by atoms with Crippen LogP contribution in [0.1, 0.15) is 37.3 Å². The van der Waals surface area contributed by atoms with Gasteiger partial charge < -0.3 is 18.9 Å². The second kappa shape index (κ2) is 9.11. The van der Waals surface area contributed by atoms with E-state index >= 15 is 0 Å². The van der Waals surface area contributed by atoms with Gasteiger partial charge in [-0.05, 0) is 69.6 Å². The van der Waals surface area contributed by atoms with Crippen LogP contribution in [-0.4, -0.2) is 43.4 Å². The van der Waals surface area contributed by atoms with Crippen molar-refractivity contribution < 1.29 is 14.0 Å². The Bertz CT molecular complexity index is 884. The predicted octanol–water partition coefficient (Wildman–Crippen LogP) is 4.88. The Labute approximate surface area is 166 Å². The minimum absolute atomic E-state index is 0.508. The summed E-state index contributed by atoms with van der Waals surface area (Å²) in [5, 5.41) is 5.53. The van der Waals surface area contributed by atoms with E-state index in [1.165, 1.54) is 5.39 Å². The lowest BCUT2D eigenvalue weighted by atomic mass is 9.91. The van der Waals surface area contributed by atoms with Crippen LogP contribution in [0.5, 0.6) is 11.5 Å². The van der Waals surface area contributed by atoms with Gasteiger partial charge in [0.2, 0.25) is 0 Å². The summed E-state index contributed by atoms with van der Waals surface area (Å²) < 4.78 is 16.7. The molecule has 148 valence electrons. The lowest BCUT2D eigenvalue weighted by molar-refractivity contribution is 0.199. The summed E-state index contributed by atoms with van der Waals surface area (Å²) in [6.07, 6.45) is 4.49. The normalized spacial score (nSPS) is 15.8. The third-order valence-electron chi connectivity index (χ3n) is 5.57. The van der Waals surface area contributed by atoms with E-state index in [0.29, 0.717) is 5.92 Å². The first-order valence-corrected chi connectivity index (χ1v) is 10.2. The summed E-state index contributed by atoms with van der Waals surface area (Å²) >= 11 is 0. The number of benzene rings is 2. The SMILES string of the molecule is COc1ccccc1OCCCCN1CCC(c2noc3ccccc23)CC1. The summed E-state index contributed by atoms with van der Waals surface area (Å²) in [5.74, 6) is 2.13. The fraction of sp³-hybridized carbons (Fsp3) is 0.435. The number of aromatic nitrogens is 1. The molecule has 1 fully saturated rings. The smallest absolute Gasteiger partial charge is 0.167 e. The molecule has 0 N–H and O–H groups in total. The first-order chi connectivity index (χ1) is 13.8. The van der Waals surface area contributed by atoms with Gasteiger partial charge in [0.1, 0.15) is 0 Å². The highest BCUT2D eigenvalue weighted by atomic mass is 16.5. The second-order valence-corrected chi connectivity index (χ2v) is 7.39. The number of para-hydroxylation sites is 3. The monoisotopic (exact) mass is 380 g/mol. The van der Waals surface area contributed by atoms with Gasteiger partial charge in [0, 0.05) is 11.3 Å². The Morgan fingerprint density at radius 2 is 1.75 bits per heavy atom. The van der Waals surface area contributed by atoms with Crippen molar-refractivity contribution in [3.8, 4) is 11.5 Å². The van der Waals surface area contributed by atoms with Crippen molar-refractivity contribution in [2.24, 2.45) is 0 Å². The van der Waals surface area contributed by atoms with Crippen molar-refractivity contribution >= 4 is 11.0 Å². The maximum absolute atomic E-state index is 5.86. The lowest BCUT2D eigenvalue weighted by Crippen LogP contribution is -2.34. The van der Waals surface area contributed by atoms with E-state index in [9.17, 15) is 0 Å². The number of piperidine rings is 1. The highest BCUT2D eigenvalue weighted by Gasteiger charge is 2.24. The molecule has 2 aromatic carbocycles. The highest BCUT2D eigenvalue weighted by molar-refractivity contribution is 5.79. The predicted molar refractivity (Wildman–Crippen MR) is 110 cm³/mol. The standard InChI is InChI=1S/C23H28N2O3/c1-26-21-10-4-5-11-22(21)27-17-7-6-14-25-15-12-18(13-16-25)23-19-8-2-3-9-20(19)28-24-23/h2-5,8-11,18H,6-7,12-17H2,1H3. The van der Waals surface area contributed by atoms with E-state index in [-0.39, 0.29) is 0 Å². The third kappa shape index (κ3) is 4.30. The van der Waals surface area contributed by atoms with Gasteiger partial charge in [0.05, 0.1) is 19.4 Å². The van der Waals surface area contributed by atoms with E-state index < -0.39 is 0 Å². The summed E-state index contributed by atoms with van der Waals surface area (Å²) in [6, 6.07) is 16.0. The summed E-state index contributed by atoms with van der Waals surface area (Å²) in [6.45, 7) is 4.10. The molecule has 1 saturated heterocycles. The van der Waals surface area contributed by atoms with Gasteiger partial charge in [-0.2, -0.15) is 0 Å². The Morgan fingerprint density at radius 3 is 2.57 bits per heavy atom. The molecule has 5 heteroatoms. The molecule has 0 spiro atoms. The highest BCUT2D eigenvalue weighted by Crippen LogP contribution is 2.32. The first kappa shape index (κ1) is 18.8. The molecule has 1 aliphatic rings. The molecular weight excluding hydrogens is 352 g/mol. The van der Waals surface area contributed by atoms with Crippen molar-refractivity contribution in [1.82, 2.24) is 10.1 Å². The van der Waals surface area contributed by atoms with Gasteiger partial charge in [0.25, 0.3) is 0 Å². The van der Waals surface area contributed by atoms with Gasteiger partial charge in [-0.25, -0.2) is 0 Å². The molecule has 0 aliphatic carbocycles. The number of ether oxygens (including phenoxy) is 2. The molecule has 5 nitrogen and oxygen atoms in total. The van der Waals surface area contributed by atoms with Crippen LogP contribution in [0.15, 0.2) is 53.1 Å². The Kier molecular flexibility index (Phi) is 6.12. The summed E-state index contributed by atoms with van der Waals surface area (Å²) in [5.41, 5.74) is 2.04. The van der Waals surface area contributed by atoms with Crippen molar-refractivity contribution in [2.45, 2.75) is 31.6 Å². The Hall–Kier alpha value is -2.53. The number of unbranched alkanes of at least 4 members (excludes halogenated alkanes) is 1. The molecule has 0 radical (unpaired) electrons. The number of hydrogen-bond donors (Lipinski definition) is 0. The van der Waals surface area contributed by atoms with Crippen molar-refractivity contribution in [2.75, 3.05) is 33.4 Å². The first-order valence-electron chi connectivity index (χ1n) is 10.2. The van der Waals surface area contributed by atoms with Crippen LogP contribution >= 0.6 is 0 Å². The average molecular weight is 380 g/mol. The molecule has 0 amide bonds. The summed E-state index contributed by atoms with van der Waals surface area (Å²) in [4.78, 5) is 2.56. The number of fused-ring (bicyclic) bond motifs is 1. The Balaban J connectivity index is 1.18. The third-order valence-corrected chi connectivity index (χ3v) is 5.57. The average Bonchev–Trinajstić information content (AvgIpc) is 3.18. The Morgan fingerprint density at radius 1 is 1.00 bits per heavy atom. The minimum Gasteiger partial charge on any atom is -0.493 e. The van der Waals surface area contributed by atoms with Crippen molar-refractivity contribution in [1.29, 1.82) is 0 Å². The molecule has 28 heavy (non-hydrogen) atoms. The molecule has 4 rings (SSSR count). The van der Waals surface area contributed by atoms with E-state index in [4.69, 9.17) is 14.0 Å². The van der Waals surface area contributed by atoms with Crippen LogP contribution in [0.3, 0.4) is 0 Å². The number of likely N-dealkylation sites (tertiary alicyclic amines) is 1. The topological polar surface area (TPSA) is 47.7 Å². The van der Waals surface area contributed by atoms with E-state index in [2.05, 4.69) is 22.2 Å². The molecule has 0 bridgehead atoms. The fourth-order valence-corrected chi connectivity index (χ4v) is 3.99. The maximum atomic E-state index is 5.86.